The molecule has 0 radical (unpaired) electrons. The highest BCUT2D eigenvalue weighted by molar-refractivity contribution is 6.00. The Morgan fingerprint density at radius 3 is 2.50 bits per heavy atom. The van der Waals surface area contributed by atoms with Crippen molar-refractivity contribution in [3.63, 3.8) is 0 Å². The first kappa shape index (κ1) is 16.6. The van der Waals surface area contributed by atoms with Gasteiger partial charge in [-0.3, -0.25) is 4.79 Å². The molecule has 1 aliphatic rings. The average molecular weight is 316 g/mol. The van der Waals surface area contributed by atoms with Crippen LogP contribution in [-0.4, -0.2) is 24.7 Å². The maximum atomic E-state index is 12.8. The molecule has 0 saturated heterocycles. The zero-order valence-corrected chi connectivity index (χ0v) is 12.6. The molecule has 0 aromatic heterocycles. The molecular formula is C15H19F3N2O2. The van der Waals surface area contributed by atoms with Crippen molar-refractivity contribution in [2.75, 3.05) is 11.4 Å². The monoisotopic (exact) mass is 316 g/mol. The van der Waals surface area contributed by atoms with Gasteiger partial charge in [0.25, 0.3) is 5.91 Å². The highest BCUT2D eigenvalue weighted by Crippen LogP contribution is 2.39. The van der Waals surface area contributed by atoms with Gasteiger partial charge in [0.2, 0.25) is 0 Å². The van der Waals surface area contributed by atoms with Crippen LogP contribution in [0.4, 0.5) is 18.9 Å². The van der Waals surface area contributed by atoms with E-state index in [0.717, 1.165) is 0 Å². The first-order valence-corrected chi connectivity index (χ1v) is 7.11. The first-order chi connectivity index (χ1) is 10.2. The van der Waals surface area contributed by atoms with Crippen LogP contribution in [0.15, 0.2) is 18.2 Å². The fourth-order valence-corrected chi connectivity index (χ4v) is 2.43. The highest BCUT2D eigenvalue weighted by atomic mass is 19.4. The Morgan fingerprint density at radius 1 is 1.36 bits per heavy atom. The number of nitrogens with zero attached hydrogens (tertiary/aromatic N) is 1. The molecule has 7 heteroatoms. The summed E-state index contributed by atoms with van der Waals surface area (Å²) in [6, 6.07) is 1.93. The molecule has 1 aromatic rings. The Bertz CT molecular complexity index is 572. The number of fused-ring (bicyclic) bond motifs is 1. The molecule has 0 spiro atoms. The number of carbonyl (C=O) groups is 1. The third-order valence-electron chi connectivity index (χ3n) is 3.67. The van der Waals surface area contributed by atoms with Crippen molar-refractivity contribution >= 4 is 11.6 Å². The normalized spacial score (nSPS) is 19.9. The molecule has 0 fully saturated rings. The lowest BCUT2D eigenvalue weighted by Gasteiger charge is -2.36. The van der Waals surface area contributed by atoms with Gasteiger partial charge in [-0.1, -0.05) is 19.9 Å². The van der Waals surface area contributed by atoms with Crippen LogP contribution in [0, 0.1) is 5.92 Å². The van der Waals surface area contributed by atoms with E-state index in [-0.39, 0.29) is 17.4 Å². The minimum Gasteiger partial charge on any atom is -0.478 e. The molecule has 4 nitrogen and oxygen atoms in total. The summed E-state index contributed by atoms with van der Waals surface area (Å²) in [4.78, 5) is 13.8. The van der Waals surface area contributed by atoms with Gasteiger partial charge >= 0.3 is 6.18 Å². The van der Waals surface area contributed by atoms with E-state index in [1.807, 2.05) is 13.8 Å². The highest BCUT2D eigenvalue weighted by Gasteiger charge is 2.40. The van der Waals surface area contributed by atoms with Gasteiger partial charge in [-0.25, -0.2) is 0 Å². The van der Waals surface area contributed by atoms with Crippen molar-refractivity contribution in [1.29, 1.82) is 0 Å². The number of rotatable bonds is 3. The van der Waals surface area contributed by atoms with Gasteiger partial charge in [-0.2, -0.15) is 13.2 Å². The third kappa shape index (κ3) is 2.90. The molecule has 1 amide bonds. The quantitative estimate of drug-likeness (QED) is 0.932. The SMILES string of the molecule is CCN1C(=O)C(C(C)C)Oc2ccc(C(N)C(F)(F)F)cc21. The van der Waals surface area contributed by atoms with Gasteiger partial charge in [0.1, 0.15) is 11.8 Å². The van der Waals surface area contributed by atoms with Crippen molar-refractivity contribution in [3.8, 4) is 5.75 Å². The van der Waals surface area contributed by atoms with E-state index in [0.29, 0.717) is 18.0 Å². The topological polar surface area (TPSA) is 55.6 Å². The second-order valence-corrected chi connectivity index (χ2v) is 5.61. The van der Waals surface area contributed by atoms with Crippen LogP contribution in [0.2, 0.25) is 0 Å². The second kappa shape index (κ2) is 5.79. The van der Waals surface area contributed by atoms with Gasteiger partial charge < -0.3 is 15.4 Å². The zero-order valence-electron chi connectivity index (χ0n) is 12.6. The number of nitrogens with two attached hydrogens (primary N) is 1. The minimum atomic E-state index is -4.54. The van der Waals surface area contributed by atoms with Crippen LogP contribution in [-0.2, 0) is 4.79 Å². The summed E-state index contributed by atoms with van der Waals surface area (Å²) in [6.07, 6.45) is -5.17. The Labute approximate surface area is 127 Å². The summed E-state index contributed by atoms with van der Waals surface area (Å²) in [7, 11) is 0. The second-order valence-electron chi connectivity index (χ2n) is 5.61. The molecule has 2 rings (SSSR count). The van der Waals surface area contributed by atoms with Crippen LogP contribution in [0.5, 0.6) is 5.75 Å². The fraction of sp³-hybridized carbons (Fsp3) is 0.533. The summed E-state index contributed by atoms with van der Waals surface area (Å²) in [6.45, 7) is 5.83. The smallest absolute Gasteiger partial charge is 0.407 e. The molecule has 22 heavy (non-hydrogen) atoms. The summed E-state index contributed by atoms with van der Waals surface area (Å²) in [5, 5.41) is 0. The summed E-state index contributed by atoms with van der Waals surface area (Å²) >= 11 is 0. The molecule has 2 atom stereocenters. The maximum absolute atomic E-state index is 12.8. The predicted molar refractivity (Wildman–Crippen MR) is 76.7 cm³/mol. The summed E-state index contributed by atoms with van der Waals surface area (Å²) in [5.41, 5.74) is 5.47. The van der Waals surface area contributed by atoms with E-state index in [9.17, 15) is 18.0 Å². The zero-order chi connectivity index (χ0) is 16.7. The van der Waals surface area contributed by atoms with Crippen molar-refractivity contribution in [3.05, 3.63) is 23.8 Å². The van der Waals surface area contributed by atoms with Gasteiger partial charge in [0.15, 0.2) is 6.10 Å². The lowest BCUT2D eigenvalue weighted by molar-refractivity contribution is -0.149. The van der Waals surface area contributed by atoms with Crippen LogP contribution in [0.3, 0.4) is 0 Å². The van der Waals surface area contributed by atoms with Crippen LogP contribution in [0.25, 0.3) is 0 Å². The lowest BCUT2D eigenvalue weighted by atomic mass is 10.0. The molecule has 1 heterocycles. The van der Waals surface area contributed by atoms with Gasteiger partial charge in [-0.05, 0) is 30.5 Å². The Balaban J connectivity index is 2.45. The van der Waals surface area contributed by atoms with Crippen molar-refractivity contribution < 1.29 is 22.7 Å². The van der Waals surface area contributed by atoms with Gasteiger partial charge in [0.05, 0.1) is 5.69 Å². The van der Waals surface area contributed by atoms with Crippen LogP contribution >= 0.6 is 0 Å². The number of hydrogen-bond acceptors (Lipinski definition) is 3. The van der Waals surface area contributed by atoms with Crippen molar-refractivity contribution in [2.45, 2.75) is 39.1 Å². The number of anilines is 1. The summed E-state index contributed by atoms with van der Waals surface area (Å²) in [5.74, 6) is 0.118. The number of alkyl halides is 3. The molecule has 2 N–H and O–H groups in total. The van der Waals surface area contributed by atoms with E-state index < -0.39 is 18.3 Å². The number of likely N-dealkylation sites (N-methyl/N-ethyl adjacent to an activating group) is 1. The van der Waals surface area contributed by atoms with E-state index >= 15 is 0 Å². The van der Waals surface area contributed by atoms with E-state index in [1.54, 1.807) is 6.92 Å². The van der Waals surface area contributed by atoms with Gasteiger partial charge in [0, 0.05) is 6.54 Å². The molecule has 1 aromatic carbocycles. The first-order valence-electron chi connectivity index (χ1n) is 7.11. The predicted octanol–water partition coefficient (Wildman–Crippen LogP) is 3.02. The summed E-state index contributed by atoms with van der Waals surface area (Å²) < 4.78 is 43.9. The van der Waals surface area contributed by atoms with E-state index in [1.165, 1.54) is 23.1 Å². The van der Waals surface area contributed by atoms with Crippen molar-refractivity contribution in [2.24, 2.45) is 11.7 Å². The molecule has 2 unspecified atom stereocenters. The number of benzene rings is 1. The third-order valence-corrected chi connectivity index (χ3v) is 3.67. The van der Waals surface area contributed by atoms with Gasteiger partial charge in [-0.15, -0.1) is 0 Å². The molecule has 1 aliphatic heterocycles. The lowest BCUT2D eigenvalue weighted by Crippen LogP contribution is -2.48. The van der Waals surface area contributed by atoms with Crippen LogP contribution in [0.1, 0.15) is 32.4 Å². The Kier molecular flexibility index (Phi) is 4.37. The fourth-order valence-electron chi connectivity index (χ4n) is 2.43. The molecular weight excluding hydrogens is 297 g/mol. The molecule has 122 valence electrons. The Hall–Kier alpha value is -1.76. The number of ether oxygens (including phenoxy) is 1. The Morgan fingerprint density at radius 2 is 2.00 bits per heavy atom. The standard InChI is InChI=1S/C15H19F3N2O2/c1-4-20-10-7-9(13(19)15(16,17)18)5-6-11(10)22-12(8(2)3)14(20)21/h5-8,12-13H,4,19H2,1-3H3. The number of hydrogen-bond donors (Lipinski definition) is 1. The van der Waals surface area contributed by atoms with Crippen molar-refractivity contribution in [1.82, 2.24) is 0 Å². The van der Waals surface area contributed by atoms with E-state index in [2.05, 4.69) is 0 Å². The van der Waals surface area contributed by atoms with Crippen LogP contribution < -0.4 is 15.4 Å². The largest absolute Gasteiger partial charge is 0.478 e. The maximum Gasteiger partial charge on any atom is 0.407 e. The minimum absolute atomic E-state index is 0.0354. The number of amides is 1. The molecule has 0 saturated carbocycles. The number of carbonyl (C=O) groups excluding carboxylic acids is 1. The molecule has 0 aliphatic carbocycles. The van der Waals surface area contributed by atoms with E-state index in [4.69, 9.17) is 10.5 Å². The number of halogens is 3. The average Bonchev–Trinajstić information content (AvgIpc) is 2.44. The molecule has 0 bridgehead atoms.